The molecule has 0 aliphatic carbocycles. The number of anilines is 1. The van der Waals surface area contributed by atoms with Crippen LogP contribution < -0.4 is 5.32 Å². The van der Waals surface area contributed by atoms with Crippen LogP contribution in [-0.2, 0) is 4.74 Å². The van der Waals surface area contributed by atoms with E-state index in [0.717, 1.165) is 4.47 Å². The zero-order chi connectivity index (χ0) is 19.6. The maximum atomic E-state index is 12.9. The Morgan fingerprint density at radius 3 is 2.56 bits per heavy atom. The second-order valence-electron chi connectivity index (χ2n) is 5.43. The summed E-state index contributed by atoms with van der Waals surface area (Å²) < 4.78 is 11.3. The molecule has 0 aliphatic heterocycles. The average molecular weight is 433 g/mol. The number of hydrogen-bond acceptors (Lipinski definition) is 6. The van der Waals surface area contributed by atoms with Crippen molar-refractivity contribution in [2.75, 3.05) is 11.9 Å². The van der Waals surface area contributed by atoms with E-state index in [1.165, 1.54) is 24.3 Å². The van der Waals surface area contributed by atoms with Gasteiger partial charge in [0.25, 0.3) is 5.69 Å². The van der Waals surface area contributed by atoms with Crippen molar-refractivity contribution in [3.63, 3.8) is 0 Å². The molecule has 3 rings (SSSR count). The van der Waals surface area contributed by atoms with E-state index in [9.17, 15) is 19.7 Å². The summed E-state index contributed by atoms with van der Waals surface area (Å²) in [6, 6.07) is 10.2. The van der Waals surface area contributed by atoms with Gasteiger partial charge in [-0.2, -0.15) is 0 Å². The Kier molecular flexibility index (Phi) is 5.22. The van der Waals surface area contributed by atoms with Gasteiger partial charge in [-0.3, -0.25) is 20.2 Å². The number of carbonyl (C=O) groups is 2. The number of amides is 1. The van der Waals surface area contributed by atoms with Crippen LogP contribution in [0.5, 0.6) is 0 Å². The number of fused-ring (bicyclic) bond motifs is 1. The molecule has 1 heterocycles. The van der Waals surface area contributed by atoms with Gasteiger partial charge in [-0.25, -0.2) is 4.79 Å². The lowest BCUT2D eigenvalue weighted by Gasteiger charge is -2.06. The number of ketones is 1. The first-order valence-electron chi connectivity index (χ1n) is 7.85. The fraction of sp³-hybridized carbons (Fsp3) is 0.111. The molecule has 0 atom stereocenters. The summed E-state index contributed by atoms with van der Waals surface area (Å²) in [5.74, 6) is -0.617. The fourth-order valence-electron chi connectivity index (χ4n) is 2.49. The molecule has 1 aromatic heterocycles. The number of nitro benzene ring substituents is 1. The number of furan rings is 1. The van der Waals surface area contributed by atoms with Crippen LogP contribution in [0.2, 0.25) is 0 Å². The number of nitrogens with zero attached hydrogens (tertiary/aromatic N) is 1. The highest BCUT2D eigenvalue weighted by Crippen LogP contribution is 2.34. The number of non-ortho nitro benzene ring substituents is 1. The quantitative estimate of drug-likeness (QED) is 0.348. The Balaban J connectivity index is 2.07. The molecular weight excluding hydrogens is 420 g/mol. The van der Waals surface area contributed by atoms with Gasteiger partial charge in [-0.05, 0) is 37.3 Å². The maximum Gasteiger partial charge on any atom is 0.411 e. The van der Waals surface area contributed by atoms with Gasteiger partial charge in [-0.15, -0.1) is 0 Å². The second kappa shape index (κ2) is 7.58. The van der Waals surface area contributed by atoms with Crippen LogP contribution in [-0.4, -0.2) is 23.4 Å². The Morgan fingerprint density at radius 2 is 1.93 bits per heavy atom. The van der Waals surface area contributed by atoms with Crippen molar-refractivity contribution in [2.45, 2.75) is 6.92 Å². The molecular formula is C18H13BrN2O6. The monoisotopic (exact) mass is 432 g/mol. The number of carbonyl (C=O) groups excluding carboxylic acids is 2. The van der Waals surface area contributed by atoms with Gasteiger partial charge in [0.1, 0.15) is 11.3 Å². The van der Waals surface area contributed by atoms with Gasteiger partial charge < -0.3 is 9.15 Å². The van der Waals surface area contributed by atoms with Gasteiger partial charge in [0.2, 0.25) is 5.78 Å². The molecule has 8 nitrogen and oxygen atoms in total. The molecule has 0 unspecified atom stereocenters. The van der Waals surface area contributed by atoms with Crippen molar-refractivity contribution in [2.24, 2.45) is 0 Å². The number of halogens is 1. The smallest absolute Gasteiger partial charge is 0.411 e. The Hall–Kier alpha value is -3.20. The number of nitrogens with one attached hydrogen (secondary N) is 1. The molecule has 0 radical (unpaired) electrons. The molecule has 9 heteroatoms. The SMILES string of the molecule is CCOC(=O)Nc1c(C(=O)c2ccc([N+](=O)[O-])cc2)oc2ccc(Br)cc12. The van der Waals surface area contributed by atoms with Gasteiger partial charge >= 0.3 is 6.09 Å². The summed E-state index contributed by atoms with van der Waals surface area (Å²) in [7, 11) is 0. The number of rotatable bonds is 5. The summed E-state index contributed by atoms with van der Waals surface area (Å²) in [6.45, 7) is 1.82. The second-order valence-corrected chi connectivity index (χ2v) is 6.34. The standard InChI is InChI=1S/C18H13BrN2O6/c1-2-26-18(23)20-15-13-9-11(19)5-8-14(13)27-17(15)16(22)10-3-6-12(7-4-10)21(24)25/h3-9H,2H2,1H3,(H,20,23). The van der Waals surface area contributed by atoms with E-state index in [0.29, 0.717) is 11.0 Å². The minimum absolute atomic E-state index is 0.0926. The molecule has 27 heavy (non-hydrogen) atoms. The van der Waals surface area contributed by atoms with Crippen molar-refractivity contribution in [1.82, 2.24) is 0 Å². The summed E-state index contributed by atoms with van der Waals surface area (Å²) in [6.07, 6.45) is -0.724. The molecule has 138 valence electrons. The highest BCUT2D eigenvalue weighted by atomic mass is 79.9. The number of benzene rings is 2. The Bertz CT molecular complexity index is 1040. The zero-order valence-corrected chi connectivity index (χ0v) is 15.6. The van der Waals surface area contributed by atoms with Crippen molar-refractivity contribution >= 4 is 50.2 Å². The number of nitro groups is 1. The van der Waals surface area contributed by atoms with E-state index in [1.807, 2.05) is 0 Å². The predicted octanol–water partition coefficient (Wildman–Crippen LogP) is 4.90. The molecule has 0 saturated heterocycles. The third kappa shape index (κ3) is 3.82. The van der Waals surface area contributed by atoms with Gasteiger partial charge in [0.15, 0.2) is 5.76 Å². The highest BCUT2D eigenvalue weighted by molar-refractivity contribution is 9.10. The Labute approximate surface area is 161 Å². The van der Waals surface area contributed by atoms with Crippen LogP contribution in [0.1, 0.15) is 23.0 Å². The predicted molar refractivity (Wildman–Crippen MR) is 101 cm³/mol. The van der Waals surface area contributed by atoms with Crippen LogP contribution >= 0.6 is 15.9 Å². The van der Waals surface area contributed by atoms with Crippen molar-refractivity contribution < 1.29 is 23.7 Å². The number of ether oxygens (including phenoxy) is 1. The first-order chi connectivity index (χ1) is 12.9. The van der Waals surface area contributed by atoms with Crippen LogP contribution in [0, 0.1) is 10.1 Å². The normalized spacial score (nSPS) is 10.6. The highest BCUT2D eigenvalue weighted by Gasteiger charge is 2.24. The summed E-state index contributed by atoms with van der Waals surface area (Å²) in [5, 5.41) is 13.8. The molecule has 0 fully saturated rings. The van der Waals surface area contributed by atoms with E-state index in [2.05, 4.69) is 21.2 Å². The first-order valence-corrected chi connectivity index (χ1v) is 8.65. The Morgan fingerprint density at radius 1 is 1.22 bits per heavy atom. The fourth-order valence-corrected chi connectivity index (χ4v) is 2.85. The van der Waals surface area contributed by atoms with Crippen LogP contribution in [0.4, 0.5) is 16.2 Å². The van der Waals surface area contributed by atoms with Crippen LogP contribution in [0.3, 0.4) is 0 Å². The van der Waals surface area contributed by atoms with E-state index in [1.54, 1.807) is 25.1 Å². The first kappa shape index (κ1) is 18.6. The van der Waals surface area contributed by atoms with Gasteiger partial charge in [0, 0.05) is 27.6 Å². The minimum Gasteiger partial charge on any atom is -0.450 e. The molecule has 2 aromatic carbocycles. The van der Waals surface area contributed by atoms with Gasteiger partial charge in [-0.1, -0.05) is 15.9 Å². The zero-order valence-electron chi connectivity index (χ0n) is 14.0. The van der Waals surface area contributed by atoms with E-state index >= 15 is 0 Å². The maximum absolute atomic E-state index is 12.9. The molecule has 0 aliphatic rings. The molecule has 1 amide bonds. The molecule has 3 aromatic rings. The minimum atomic E-state index is -0.724. The van der Waals surface area contributed by atoms with Crippen LogP contribution in [0.25, 0.3) is 11.0 Å². The molecule has 0 bridgehead atoms. The van der Waals surface area contributed by atoms with E-state index in [4.69, 9.17) is 9.15 Å². The number of hydrogen-bond donors (Lipinski definition) is 1. The molecule has 1 N–H and O–H groups in total. The summed E-state index contributed by atoms with van der Waals surface area (Å²) >= 11 is 3.34. The molecule has 0 saturated carbocycles. The lowest BCUT2D eigenvalue weighted by molar-refractivity contribution is -0.384. The topological polar surface area (TPSA) is 112 Å². The largest absolute Gasteiger partial charge is 0.450 e. The third-order valence-electron chi connectivity index (χ3n) is 3.70. The summed E-state index contributed by atoms with van der Waals surface area (Å²) in [4.78, 5) is 35.0. The lowest BCUT2D eigenvalue weighted by atomic mass is 10.1. The van der Waals surface area contributed by atoms with Crippen molar-refractivity contribution in [3.05, 3.63) is 68.4 Å². The van der Waals surface area contributed by atoms with E-state index in [-0.39, 0.29) is 29.3 Å². The van der Waals surface area contributed by atoms with Crippen molar-refractivity contribution in [1.29, 1.82) is 0 Å². The average Bonchev–Trinajstić information content (AvgIpc) is 2.99. The van der Waals surface area contributed by atoms with Crippen molar-refractivity contribution in [3.8, 4) is 0 Å². The lowest BCUT2D eigenvalue weighted by Crippen LogP contribution is -2.15. The molecule has 0 spiro atoms. The third-order valence-corrected chi connectivity index (χ3v) is 4.19. The summed E-state index contributed by atoms with van der Waals surface area (Å²) in [5.41, 5.74) is 0.624. The van der Waals surface area contributed by atoms with E-state index < -0.39 is 16.8 Å². The van der Waals surface area contributed by atoms with Gasteiger partial charge in [0.05, 0.1) is 11.5 Å². The van der Waals surface area contributed by atoms with Crippen LogP contribution in [0.15, 0.2) is 51.4 Å².